The molecule has 0 heterocycles. The molecule has 0 fully saturated rings. The van der Waals surface area contributed by atoms with Crippen LogP contribution in [-0.2, 0) is 0 Å². The molecule has 0 aliphatic rings. The maximum absolute atomic E-state index is 3.20. The SMILES string of the molecule is Cc1c[c]cc(C)c1N(CC(C)C)CC(C)C. The summed E-state index contributed by atoms with van der Waals surface area (Å²) in [4.78, 5) is 2.54. The summed E-state index contributed by atoms with van der Waals surface area (Å²) in [6, 6.07) is 7.39. The lowest BCUT2D eigenvalue weighted by molar-refractivity contribution is 0.551. The highest BCUT2D eigenvalue weighted by molar-refractivity contribution is 5.58. The van der Waals surface area contributed by atoms with Crippen molar-refractivity contribution in [2.24, 2.45) is 11.8 Å². The molecule has 0 spiro atoms. The molecule has 17 heavy (non-hydrogen) atoms. The highest BCUT2D eigenvalue weighted by atomic mass is 15.1. The largest absolute Gasteiger partial charge is 0.371 e. The zero-order valence-electron chi connectivity index (χ0n) is 12.2. The lowest BCUT2D eigenvalue weighted by Gasteiger charge is -2.31. The van der Waals surface area contributed by atoms with Gasteiger partial charge in [-0.3, -0.25) is 0 Å². The molecule has 1 nitrogen and oxygen atoms in total. The number of rotatable bonds is 5. The Bertz CT molecular complexity index is 322. The molecule has 95 valence electrons. The van der Waals surface area contributed by atoms with Crippen molar-refractivity contribution in [2.75, 3.05) is 18.0 Å². The van der Waals surface area contributed by atoms with Crippen molar-refractivity contribution in [3.8, 4) is 0 Å². The predicted molar refractivity (Wildman–Crippen MR) is 76.6 cm³/mol. The van der Waals surface area contributed by atoms with Gasteiger partial charge in [-0.25, -0.2) is 0 Å². The van der Waals surface area contributed by atoms with E-state index < -0.39 is 0 Å². The number of hydrogen-bond donors (Lipinski definition) is 0. The first kappa shape index (κ1) is 14.1. The van der Waals surface area contributed by atoms with Gasteiger partial charge in [0.2, 0.25) is 0 Å². The topological polar surface area (TPSA) is 3.24 Å². The maximum atomic E-state index is 3.20. The van der Waals surface area contributed by atoms with Gasteiger partial charge in [-0.1, -0.05) is 27.7 Å². The predicted octanol–water partition coefficient (Wildman–Crippen LogP) is 4.22. The van der Waals surface area contributed by atoms with Gasteiger partial charge in [0.15, 0.2) is 0 Å². The Labute approximate surface area is 107 Å². The molecule has 0 aliphatic heterocycles. The highest BCUT2D eigenvalue weighted by Gasteiger charge is 2.14. The molecule has 1 heteroatoms. The second-order valence-corrected chi connectivity index (χ2v) is 5.86. The Morgan fingerprint density at radius 2 is 1.35 bits per heavy atom. The standard InChI is InChI=1S/C16H26N/c1-12(2)10-17(11-13(3)4)16-14(5)8-7-9-15(16)6/h8-9,12-13H,10-11H2,1-6H3. The van der Waals surface area contributed by atoms with Crippen LogP contribution in [0.15, 0.2) is 12.1 Å². The van der Waals surface area contributed by atoms with E-state index in [1.807, 2.05) is 0 Å². The van der Waals surface area contributed by atoms with Crippen molar-refractivity contribution >= 4 is 5.69 Å². The van der Waals surface area contributed by atoms with Crippen LogP contribution < -0.4 is 4.90 Å². The van der Waals surface area contributed by atoms with Crippen molar-refractivity contribution in [3.63, 3.8) is 0 Å². The van der Waals surface area contributed by atoms with Crippen molar-refractivity contribution in [3.05, 3.63) is 29.3 Å². The second kappa shape index (κ2) is 6.09. The van der Waals surface area contributed by atoms with Crippen LogP contribution in [0.2, 0.25) is 0 Å². The number of anilines is 1. The fourth-order valence-corrected chi connectivity index (χ4v) is 2.38. The van der Waals surface area contributed by atoms with Crippen LogP contribution in [0.3, 0.4) is 0 Å². The third-order valence-corrected chi connectivity index (χ3v) is 2.83. The molecular weight excluding hydrogens is 206 g/mol. The van der Waals surface area contributed by atoms with Crippen LogP contribution in [0.1, 0.15) is 38.8 Å². The maximum Gasteiger partial charge on any atom is 0.0426 e. The van der Waals surface area contributed by atoms with E-state index in [9.17, 15) is 0 Å². The van der Waals surface area contributed by atoms with E-state index in [1.165, 1.54) is 16.8 Å². The van der Waals surface area contributed by atoms with Crippen molar-refractivity contribution in [2.45, 2.75) is 41.5 Å². The minimum atomic E-state index is 0.691. The molecule has 0 aliphatic carbocycles. The fraction of sp³-hybridized carbons (Fsp3) is 0.625. The van der Waals surface area contributed by atoms with Gasteiger partial charge in [0.1, 0.15) is 0 Å². The number of nitrogens with zero attached hydrogens (tertiary/aromatic N) is 1. The monoisotopic (exact) mass is 232 g/mol. The molecule has 0 aromatic heterocycles. The second-order valence-electron chi connectivity index (χ2n) is 5.86. The van der Waals surface area contributed by atoms with Crippen LogP contribution in [0.4, 0.5) is 5.69 Å². The molecule has 1 aromatic rings. The first-order valence-corrected chi connectivity index (χ1v) is 6.64. The third kappa shape index (κ3) is 4.07. The lowest BCUT2D eigenvalue weighted by atomic mass is 10.0. The molecule has 1 radical (unpaired) electrons. The van der Waals surface area contributed by atoms with Gasteiger partial charge in [0.25, 0.3) is 0 Å². The molecule has 0 saturated carbocycles. The molecular formula is C16H26N. The summed E-state index contributed by atoms with van der Waals surface area (Å²) in [5, 5.41) is 0. The summed E-state index contributed by atoms with van der Waals surface area (Å²) in [7, 11) is 0. The summed E-state index contributed by atoms with van der Waals surface area (Å²) in [6.45, 7) is 15.8. The summed E-state index contributed by atoms with van der Waals surface area (Å²) < 4.78 is 0. The molecule has 0 atom stereocenters. The van der Waals surface area contributed by atoms with E-state index >= 15 is 0 Å². The molecule has 1 aromatic carbocycles. The Balaban J connectivity index is 3.03. The highest BCUT2D eigenvalue weighted by Crippen LogP contribution is 2.26. The van der Waals surface area contributed by atoms with Crippen molar-refractivity contribution in [1.29, 1.82) is 0 Å². The molecule has 0 N–H and O–H groups in total. The Morgan fingerprint density at radius 3 is 1.71 bits per heavy atom. The minimum Gasteiger partial charge on any atom is -0.371 e. The molecule has 1 rings (SSSR count). The first-order chi connectivity index (χ1) is 7.91. The average molecular weight is 232 g/mol. The molecule has 0 saturated heterocycles. The van der Waals surface area contributed by atoms with E-state index in [1.54, 1.807) is 0 Å². The van der Waals surface area contributed by atoms with Gasteiger partial charge < -0.3 is 4.90 Å². The number of benzene rings is 1. The summed E-state index contributed by atoms with van der Waals surface area (Å²) in [6.07, 6.45) is 0. The lowest BCUT2D eigenvalue weighted by Crippen LogP contribution is -2.32. The van der Waals surface area contributed by atoms with Gasteiger partial charge in [-0.15, -0.1) is 0 Å². The Hall–Kier alpha value is -0.980. The van der Waals surface area contributed by atoms with E-state index in [-0.39, 0.29) is 0 Å². The first-order valence-electron chi connectivity index (χ1n) is 6.64. The van der Waals surface area contributed by atoms with Gasteiger partial charge >= 0.3 is 0 Å². The zero-order chi connectivity index (χ0) is 13.0. The average Bonchev–Trinajstić information content (AvgIpc) is 2.14. The van der Waals surface area contributed by atoms with E-state index in [2.05, 4.69) is 64.6 Å². The number of hydrogen-bond acceptors (Lipinski definition) is 1. The van der Waals surface area contributed by atoms with Gasteiger partial charge in [0, 0.05) is 18.8 Å². The van der Waals surface area contributed by atoms with Gasteiger partial charge in [0.05, 0.1) is 0 Å². The Morgan fingerprint density at radius 1 is 0.941 bits per heavy atom. The minimum absolute atomic E-state index is 0.691. The third-order valence-electron chi connectivity index (χ3n) is 2.83. The summed E-state index contributed by atoms with van der Waals surface area (Å²) in [5.41, 5.74) is 4.09. The zero-order valence-corrected chi connectivity index (χ0v) is 12.2. The molecule has 0 amide bonds. The summed E-state index contributed by atoms with van der Waals surface area (Å²) in [5.74, 6) is 1.38. The van der Waals surface area contributed by atoms with E-state index in [0.29, 0.717) is 11.8 Å². The number of aryl methyl sites for hydroxylation is 2. The van der Waals surface area contributed by atoms with Gasteiger partial charge in [-0.2, -0.15) is 0 Å². The Kier molecular flexibility index (Phi) is 5.04. The quantitative estimate of drug-likeness (QED) is 0.734. The molecule has 0 bridgehead atoms. The van der Waals surface area contributed by atoms with Crippen LogP contribution in [-0.4, -0.2) is 13.1 Å². The van der Waals surface area contributed by atoms with E-state index in [4.69, 9.17) is 0 Å². The van der Waals surface area contributed by atoms with Crippen molar-refractivity contribution < 1.29 is 0 Å². The van der Waals surface area contributed by atoms with Crippen LogP contribution in [0, 0.1) is 31.7 Å². The smallest absolute Gasteiger partial charge is 0.0426 e. The van der Waals surface area contributed by atoms with Crippen LogP contribution >= 0.6 is 0 Å². The van der Waals surface area contributed by atoms with Crippen LogP contribution in [0.5, 0.6) is 0 Å². The fourth-order valence-electron chi connectivity index (χ4n) is 2.38. The van der Waals surface area contributed by atoms with Gasteiger partial charge in [-0.05, 0) is 55.0 Å². The van der Waals surface area contributed by atoms with Crippen molar-refractivity contribution in [1.82, 2.24) is 0 Å². The summed E-state index contributed by atoms with van der Waals surface area (Å²) >= 11 is 0. The van der Waals surface area contributed by atoms with Crippen LogP contribution in [0.25, 0.3) is 0 Å². The van der Waals surface area contributed by atoms with E-state index in [0.717, 1.165) is 13.1 Å². The molecule has 0 unspecified atom stereocenters. The normalized spacial score (nSPS) is 11.3.